The third kappa shape index (κ3) is 4.82. The minimum absolute atomic E-state index is 0.153. The first-order valence-electron chi connectivity index (χ1n) is 8.73. The maximum Gasteiger partial charge on any atom is 0.294 e. The Labute approximate surface area is 144 Å². The van der Waals surface area contributed by atoms with Gasteiger partial charge in [-0.05, 0) is 39.4 Å². The monoisotopic (exact) mass is 335 g/mol. The summed E-state index contributed by atoms with van der Waals surface area (Å²) in [6, 6.07) is 5.46. The van der Waals surface area contributed by atoms with E-state index in [2.05, 4.69) is 40.9 Å². The van der Waals surface area contributed by atoms with Gasteiger partial charge in [0.15, 0.2) is 0 Å². The lowest BCUT2D eigenvalue weighted by Gasteiger charge is -2.21. The summed E-state index contributed by atoms with van der Waals surface area (Å²) in [4.78, 5) is 17.9. The van der Waals surface area contributed by atoms with E-state index < -0.39 is 0 Å². The second-order valence-electron chi connectivity index (χ2n) is 6.25. The molecule has 1 aliphatic heterocycles. The summed E-state index contributed by atoms with van der Waals surface area (Å²) >= 11 is 0. The molecule has 7 nitrogen and oxygen atoms in total. The molecule has 0 unspecified atom stereocenters. The molecule has 0 aliphatic carbocycles. The topological polar surface area (TPSA) is 64.9 Å². The smallest absolute Gasteiger partial charge is 0.294 e. The molecule has 1 aromatic carbocycles. The molecule has 0 amide bonds. The Balaban J connectivity index is 1.92. The van der Waals surface area contributed by atoms with Crippen LogP contribution >= 0.6 is 0 Å². The molecule has 0 bridgehead atoms. The third-order valence-electron chi connectivity index (χ3n) is 4.51. The van der Waals surface area contributed by atoms with Crippen LogP contribution in [0.15, 0.2) is 18.2 Å². The van der Waals surface area contributed by atoms with E-state index in [1.54, 1.807) is 6.07 Å². The Bertz CT molecular complexity index is 548. The number of hydrogen-bond donors (Lipinski definition) is 1. The van der Waals surface area contributed by atoms with Crippen molar-refractivity contribution in [2.24, 2.45) is 0 Å². The van der Waals surface area contributed by atoms with Gasteiger partial charge in [-0.15, -0.1) is 0 Å². The molecule has 24 heavy (non-hydrogen) atoms. The maximum absolute atomic E-state index is 11.4. The summed E-state index contributed by atoms with van der Waals surface area (Å²) in [5.74, 6) is 0. The van der Waals surface area contributed by atoms with Gasteiger partial charge in [-0.1, -0.05) is 0 Å². The Morgan fingerprint density at radius 2 is 2.04 bits per heavy atom. The number of hydrogen-bond acceptors (Lipinski definition) is 6. The standard InChI is InChI=1S/C17H29N5O2/c1-4-21(5-2)15-7-8-16(17(13-15)22(23)24)18-9-6-10-20-12-11-19(3)14-20/h7-8,13,18H,4-6,9-12,14H2,1-3H3. The molecule has 1 N–H and O–H groups in total. The van der Waals surface area contributed by atoms with Gasteiger partial charge in [-0.25, -0.2) is 0 Å². The quantitative estimate of drug-likeness (QED) is 0.425. The molecule has 1 aromatic rings. The molecule has 1 heterocycles. The number of benzene rings is 1. The van der Waals surface area contributed by atoms with E-state index >= 15 is 0 Å². The molecule has 1 aliphatic rings. The zero-order chi connectivity index (χ0) is 17.5. The summed E-state index contributed by atoms with van der Waals surface area (Å²) in [5.41, 5.74) is 1.66. The van der Waals surface area contributed by atoms with Crippen LogP contribution in [0.2, 0.25) is 0 Å². The van der Waals surface area contributed by atoms with Crippen molar-refractivity contribution in [2.75, 3.05) is 63.2 Å². The minimum atomic E-state index is -0.301. The first kappa shape index (κ1) is 18.5. The van der Waals surface area contributed by atoms with Gasteiger partial charge in [0.2, 0.25) is 0 Å². The number of likely N-dealkylation sites (N-methyl/N-ethyl adjacent to an activating group) is 1. The third-order valence-corrected chi connectivity index (χ3v) is 4.51. The second kappa shape index (κ2) is 8.84. The normalized spacial score (nSPS) is 15.6. The predicted octanol–water partition coefficient (Wildman–Crippen LogP) is 2.45. The maximum atomic E-state index is 11.4. The van der Waals surface area contributed by atoms with Gasteiger partial charge in [0.25, 0.3) is 5.69 Å². The van der Waals surface area contributed by atoms with Crippen LogP contribution in [0.1, 0.15) is 20.3 Å². The Morgan fingerprint density at radius 1 is 1.29 bits per heavy atom. The van der Waals surface area contributed by atoms with Crippen molar-refractivity contribution in [1.82, 2.24) is 9.80 Å². The lowest BCUT2D eigenvalue weighted by Crippen LogP contribution is -2.25. The molecule has 0 saturated carbocycles. The lowest BCUT2D eigenvalue weighted by atomic mass is 10.2. The molecule has 2 rings (SSSR count). The molecule has 0 radical (unpaired) electrons. The second-order valence-corrected chi connectivity index (χ2v) is 6.25. The van der Waals surface area contributed by atoms with Crippen LogP contribution in [-0.4, -0.2) is 67.7 Å². The summed E-state index contributed by atoms with van der Waals surface area (Å²) < 4.78 is 0. The van der Waals surface area contributed by atoms with Crippen LogP contribution in [0.4, 0.5) is 17.1 Å². The van der Waals surface area contributed by atoms with Crippen LogP contribution < -0.4 is 10.2 Å². The highest BCUT2D eigenvalue weighted by atomic mass is 16.6. The highest BCUT2D eigenvalue weighted by molar-refractivity contribution is 5.68. The number of nitrogens with zero attached hydrogens (tertiary/aromatic N) is 4. The highest BCUT2D eigenvalue weighted by Crippen LogP contribution is 2.29. The van der Waals surface area contributed by atoms with E-state index in [4.69, 9.17) is 0 Å². The van der Waals surface area contributed by atoms with E-state index in [-0.39, 0.29) is 10.6 Å². The molecular weight excluding hydrogens is 306 g/mol. The Morgan fingerprint density at radius 3 is 2.62 bits per heavy atom. The van der Waals surface area contributed by atoms with Crippen molar-refractivity contribution in [3.05, 3.63) is 28.3 Å². The summed E-state index contributed by atoms with van der Waals surface area (Å²) in [5, 5.41) is 14.6. The largest absolute Gasteiger partial charge is 0.379 e. The fourth-order valence-electron chi connectivity index (χ4n) is 3.11. The van der Waals surface area contributed by atoms with Crippen LogP contribution in [-0.2, 0) is 0 Å². The van der Waals surface area contributed by atoms with Gasteiger partial charge in [-0.2, -0.15) is 0 Å². The lowest BCUT2D eigenvalue weighted by molar-refractivity contribution is -0.383. The number of anilines is 2. The van der Waals surface area contributed by atoms with Crippen molar-refractivity contribution in [3.63, 3.8) is 0 Å². The van der Waals surface area contributed by atoms with E-state index in [1.807, 2.05) is 12.1 Å². The first-order valence-corrected chi connectivity index (χ1v) is 8.73. The van der Waals surface area contributed by atoms with E-state index in [9.17, 15) is 10.1 Å². The predicted molar refractivity (Wildman–Crippen MR) is 98.8 cm³/mol. The van der Waals surface area contributed by atoms with Gasteiger partial charge in [0.05, 0.1) is 11.6 Å². The van der Waals surface area contributed by atoms with E-state index in [0.717, 1.165) is 58.0 Å². The molecule has 134 valence electrons. The zero-order valence-corrected chi connectivity index (χ0v) is 15.0. The van der Waals surface area contributed by atoms with Crippen LogP contribution in [0.5, 0.6) is 0 Å². The average Bonchev–Trinajstić information content (AvgIpc) is 2.98. The highest BCUT2D eigenvalue weighted by Gasteiger charge is 2.17. The number of rotatable bonds is 9. The van der Waals surface area contributed by atoms with Crippen LogP contribution in [0, 0.1) is 10.1 Å². The average molecular weight is 335 g/mol. The Kier molecular flexibility index (Phi) is 6.81. The molecule has 0 atom stereocenters. The molecule has 0 spiro atoms. The van der Waals surface area contributed by atoms with Gasteiger partial charge in [0, 0.05) is 51.0 Å². The number of nitrogens with one attached hydrogen (secondary N) is 1. The Hall–Kier alpha value is -1.86. The van der Waals surface area contributed by atoms with Crippen LogP contribution in [0.25, 0.3) is 0 Å². The summed E-state index contributed by atoms with van der Waals surface area (Å²) in [7, 11) is 2.12. The van der Waals surface area contributed by atoms with E-state index in [0.29, 0.717) is 5.69 Å². The van der Waals surface area contributed by atoms with Crippen molar-refractivity contribution < 1.29 is 4.92 Å². The summed E-state index contributed by atoms with van der Waals surface area (Å²) in [6.07, 6.45) is 0.975. The first-order chi connectivity index (χ1) is 11.5. The molecule has 7 heteroatoms. The van der Waals surface area contributed by atoms with Gasteiger partial charge >= 0.3 is 0 Å². The van der Waals surface area contributed by atoms with Crippen molar-refractivity contribution in [3.8, 4) is 0 Å². The number of nitro groups is 1. The molecule has 0 aromatic heterocycles. The molecule has 1 saturated heterocycles. The SMILES string of the molecule is CCN(CC)c1ccc(NCCCN2CCN(C)C2)c([N+](=O)[O-])c1. The van der Waals surface area contributed by atoms with Crippen molar-refractivity contribution in [2.45, 2.75) is 20.3 Å². The van der Waals surface area contributed by atoms with Crippen molar-refractivity contribution in [1.29, 1.82) is 0 Å². The fraction of sp³-hybridized carbons (Fsp3) is 0.647. The van der Waals surface area contributed by atoms with Gasteiger partial charge in [0.1, 0.15) is 5.69 Å². The minimum Gasteiger partial charge on any atom is -0.379 e. The van der Waals surface area contributed by atoms with Gasteiger partial charge in [-0.3, -0.25) is 19.9 Å². The number of nitro benzene ring substituents is 1. The van der Waals surface area contributed by atoms with Crippen molar-refractivity contribution >= 4 is 17.1 Å². The van der Waals surface area contributed by atoms with Gasteiger partial charge < -0.3 is 10.2 Å². The van der Waals surface area contributed by atoms with Crippen LogP contribution in [0.3, 0.4) is 0 Å². The van der Waals surface area contributed by atoms with E-state index in [1.165, 1.54) is 0 Å². The molecule has 1 fully saturated rings. The summed E-state index contributed by atoms with van der Waals surface area (Å²) in [6.45, 7) is 10.8. The fourth-order valence-corrected chi connectivity index (χ4v) is 3.11. The molecular formula is C17H29N5O2. The zero-order valence-electron chi connectivity index (χ0n) is 15.0.